The summed E-state index contributed by atoms with van der Waals surface area (Å²) in [4.78, 5) is 0. The van der Waals surface area contributed by atoms with E-state index < -0.39 is 0 Å². The van der Waals surface area contributed by atoms with Crippen molar-refractivity contribution in [3.63, 3.8) is 0 Å². The Morgan fingerprint density at radius 2 is 1.93 bits per heavy atom. The summed E-state index contributed by atoms with van der Waals surface area (Å²) < 4.78 is 0. The Hall–Kier alpha value is -0.260. The molecule has 0 saturated heterocycles. The van der Waals surface area contributed by atoms with Crippen LogP contribution < -0.4 is 0 Å². The topological polar surface area (TPSA) is 0 Å². The van der Waals surface area contributed by atoms with Gasteiger partial charge in [-0.2, -0.15) is 0 Å². The highest BCUT2D eigenvalue weighted by Crippen LogP contribution is 2.47. The second-order valence-corrected chi connectivity index (χ2v) is 6.26. The van der Waals surface area contributed by atoms with E-state index in [1.807, 2.05) is 0 Å². The molecule has 0 heteroatoms. The van der Waals surface area contributed by atoms with E-state index in [2.05, 4.69) is 33.8 Å². The van der Waals surface area contributed by atoms with Gasteiger partial charge in [-0.05, 0) is 55.8 Å². The third kappa shape index (κ3) is 2.14. The summed E-state index contributed by atoms with van der Waals surface area (Å²) in [5.74, 6) is 4.69. The summed E-state index contributed by atoms with van der Waals surface area (Å²) in [6, 6.07) is 0. The molecule has 0 heterocycles. The minimum Gasteiger partial charge on any atom is -0.0819 e. The van der Waals surface area contributed by atoms with Crippen molar-refractivity contribution in [1.29, 1.82) is 0 Å². The van der Waals surface area contributed by atoms with Crippen LogP contribution in [0.4, 0.5) is 0 Å². The van der Waals surface area contributed by atoms with Gasteiger partial charge < -0.3 is 0 Å². The van der Waals surface area contributed by atoms with Crippen LogP contribution in [0, 0.1) is 29.6 Å². The van der Waals surface area contributed by atoms with Gasteiger partial charge in [0, 0.05) is 0 Å². The van der Waals surface area contributed by atoms with Crippen molar-refractivity contribution in [1.82, 2.24) is 0 Å². The molecule has 0 N–H and O–H groups in total. The molecule has 0 bridgehead atoms. The van der Waals surface area contributed by atoms with Gasteiger partial charge in [0.25, 0.3) is 0 Å². The van der Waals surface area contributed by atoms with Crippen molar-refractivity contribution in [2.24, 2.45) is 29.6 Å². The molecule has 0 radical (unpaired) electrons. The standard InChI is InChI=1S/C15H26/c1-10(2)13-8-6-12(4)14-7-5-11(3)9-15(13)14/h9-10,12-15H,5-8H2,1-4H3/t12-,13?,14-,15+/m1/s1. The van der Waals surface area contributed by atoms with Crippen molar-refractivity contribution < 1.29 is 0 Å². The number of hydrogen-bond donors (Lipinski definition) is 0. The Morgan fingerprint density at radius 1 is 1.20 bits per heavy atom. The Bertz CT molecular complexity index is 249. The molecule has 4 atom stereocenters. The van der Waals surface area contributed by atoms with Crippen LogP contribution in [0.15, 0.2) is 11.6 Å². The third-order valence-corrected chi connectivity index (χ3v) is 4.88. The Labute approximate surface area is 95.1 Å². The first kappa shape index (κ1) is 11.2. The predicted octanol–water partition coefficient (Wildman–Crippen LogP) is 4.66. The summed E-state index contributed by atoms with van der Waals surface area (Å²) in [7, 11) is 0. The monoisotopic (exact) mass is 206 g/mol. The lowest BCUT2D eigenvalue weighted by Crippen LogP contribution is -2.36. The molecule has 0 aromatic heterocycles. The second kappa shape index (κ2) is 4.31. The molecule has 0 aliphatic heterocycles. The molecule has 2 aliphatic rings. The van der Waals surface area contributed by atoms with Crippen LogP contribution in [0.2, 0.25) is 0 Å². The third-order valence-electron chi connectivity index (χ3n) is 4.88. The molecule has 1 unspecified atom stereocenters. The Morgan fingerprint density at radius 3 is 2.60 bits per heavy atom. The molecular weight excluding hydrogens is 180 g/mol. The van der Waals surface area contributed by atoms with Gasteiger partial charge in [0.05, 0.1) is 0 Å². The first-order valence-corrected chi connectivity index (χ1v) is 6.77. The van der Waals surface area contributed by atoms with E-state index in [0.29, 0.717) is 0 Å². The van der Waals surface area contributed by atoms with Gasteiger partial charge in [-0.25, -0.2) is 0 Å². The molecule has 0 aromatic carbocycles. The SMILES string of the molecule is CC1=C[C@H]2C(C(C)C)CC[C@@H](C)[C@H]2CC1. The quantitative estimate of drug-likeness (QED) is 0.547. The highest BCUT2D eigenvalue weighted by molar-refractivity contribution is 5.10. The van der Waals surface area contributed by atoms with E-state index in [4.69, 9.17) is 0 Å². The van der Waals surface area contributed by atoms with E-state index in [9.17, 15) is 0 Å². The van der Waals surface area contributed by atoms with E-state index in [1.54, 1.807) is 5.57 Å². The lowest BCUT2D eigenvalue weighted by Gasteiger charge is -2.45. The van der Waals surface area contributed by atoms with Gasteiger partial charge in [0.15, 0.2) is 0 Å². The molecule has 1 saturated carbocycles. The number of rotatable bonds is 1. The van der Waals surface area contributed by atoms with Crippen LogP contribution in [0.25, 0.3) is 0 Å². The van der Waals surface area contributed by atoms with Crippen molar-refractivity contribution in [3.05, 3.63) is 11.6 Å². The fourth-order valence-corrected chi connectivity index (χ4v) is 3.87. The molecule has 0 spiro atoms. The molecular formula is C15H26. The molecule has 2 aliphatic carbocycles. The predicted molar refractivity (Wildman–Crippen MR) is 66.7 cm³/mol. The lowest BCUT2D eigenvalue weighted by molar-refractivity contribution is 0.0882. The number of fused-ring (bicyclic) bond motifs is 1. The fraction of sp³-hybridized carbons (Fsp3) is 0.867. The van der Waals surface area contributed by atoms with Gasteiger partial charge in [-0.15, -0.1) is 0 Å². The fourth-order valence-electron chi connectivity index (χ4n) is 3.87. The van der Waals surface area contributed by atoms with E-state index in [0.717, 1.165) is 29.6 Å². The van der Waals surface area contributed by atoms with E-state index in [-0.39, 0.29) is 0 Å². The lowest BCUT2D eigenvalue weighted by atomic mass is 9.60. The van der Waals surface area contributed by atoms with Crippen molar-refractivity contribution >= 4 is 0 Å². The minimum atomic E-state index is 0.868. The average molecular weight is 206 g/mol. The summed E-state index contributed by atoms with van der Waals surface area (Å²) in [5.41, 5.74) is 1.65. The van der Waals surface area contributed by atoms with Gasteiger partial charge >= 0.3 is 0 Å². The first-order chi connectivity index (χ1) is 7.09. The minimum absolute atomic E-state index is 0.868. The molecule has 15 heavy (non-hydrogen) atoms. The van der Waals surface area contributed by atoms with Crippen molar-refractivity contribution in [2.75, 3.05) is 0 Å². The maximum absolute atomic E-state index is 2.62. The Balaban J connectivity index is 2.20. The van der Waals surface area contributed by atoms with Gasteiger partial charge in [-0.3, -0.25) is 0 Å². The molecule has 0 aromatic rings. The molecule has 2 rings (SSSR count). The van der Waals surface area contributed by atoms with Crippen LogP contribution in [0.5, 0.6) is 0 Å². The molecule has 86 valence electrons. The smallest absolute Gasteiger partial charge is 0.0169 e. The van der Waals surface area contributed by atoms with Crippen LogP contribution in [0.1, 0.15) is 53.4 Å². The summed E-state index contributed by atoms with van der Waals surface area (Å²) in [6.45, 7) is 9.63. The summed E-state index contributed by atoms with van der Waals surface area (Å²) in [5, 5.41) is 0. The van der Waals surface area contributed by atoms with Gasteiger partial charge in [-0.1, -0.05) is 38.8 Å². The number of hydrogen-bond acceptors (Lipinski definition) is 0. The zero-order valence-corrected chi connectivity index (χ0v) is 10.8. The maximum Gasteiger partial charge on any atom is -0.0169 e. The summed E-state index contributed by atoms with van der Waals surface area (Å²) >= 11 is 0. The van der Waals surface area contributed by atoms with Crippen LogP contribution in [-0.2, 0) is 0 Å². The van der Waals surface area contributed by atoms with E-state index >= 15 is 0 Å². The number of allylic oxidation sites excluding steroid dienone is 2. The first-order valence-electron chi connectivity index (χ1n) is 6.77. The largest absolute Gasteiger partial charge is 0.0819 e. The van der Waals surface area contributed by atoms with Crippen LogP contribution in [0.3, 0.4) is 0 Å². The zero-order valence-electron chi connectivity index (χ0n) is 10.8. The van der Waals surface area contributed by atoms with Crippen molar-refractivity contribution in [2.45, 2.75) is 53.4 Å². The second-order valence-electron chi connectivity index (χ2n) is 6.26. The van der Waals surface area contributed by atoms with Crippen molar-refractivity contribution in [3.8, 4) is 0 Å². The normalized spacial score (nSPS) is 41.3. The molecule has 1 fully saturated rings. The van der Waals surface area contributed by atoms with E-state index in [1.165, 1.54) is 25.7 Å². The van der Waals surface area contributed by atoms with Crippen LogP contribution >= 0.6 is 0 Å². The zero-order chi connectivity index (χ0) is 11.0. The van der Waals surface area contributed by atoms with Crippen LogP contribution in [-0.4, -0.2) is 0 Å². The molecule has 0 amide bonds. The highest BCUT2D eigenvalue weighted by Gasteiger charge is 2.38. The molecule has 0 nitrogen and oxygen atoms in total. The summed E-state index contributed by atoms with van der Waals surface area (Å²) in [6.07, 6.45) is 8.36. The highest BCUT2D eigenvalue weighted by atomic mass is 14.4. The maximum atomic E-state index is 2.62. The average Bonchev–Trinajstić information content (AvgIpc) is 2.17. The van der Waals surface area contributed by atoms with Gasteiger partial charge in [0.2, 0.25) is 0 Å². The van der Waals surface area contributed by atoms with Gasteiger partial charge in [0.1, 0.15) is 0 Å². The Kier molecular flexibility index (Phi) is 3.23.